The molecule has 1 N–H and O–H groups in total. The van der Waals surface area contributed by atoms with E-state index >= 15 is 0 Å². The molecule has 0 amide bonds. The third kappa shape index (κ3) is 6.97. The molecule has 0 aromatic heterocycles. The molecule has 18 heavy (non-hydrogen) atoms. The zero-order valence-corrected chi connectivity index (χ0v) is 11.7. The summed E-state index contributed by atoms with van der Waals surface area (Å²) in [4.78, 5) is 11.7. The summed E-state index contributed by atoms with van der Waals surface area (Å²) in [6.45, 7) is 5.62. The van der Waals surface area contributed by atoms with Crippen LogP contribution in [0.1, 0.15) is 52.4 Å². The van der Waals surface area contributed by atoms with Gasteiger partial charge in [0.05, 0.1) is 13.2 Å². The number of rotatable bonds is 11. The van der Waals surface area contributed by atoms with Crippen LogP contribution in [0.4, 0.5) is 0 Å². The summed E-state index contributed by atoms with van der Waals surface area (Å²) < 4.78 is 10.6. The Balaban J connectivity index is 2.12. The number of esters is 1. The Morgan fingerprint density at radius 3 is 2.67 bits per heavy atom. The maximum Gasteiger partial charge on any atom is 0.325 e. The van der Waals surface area contributed by atoms with Gasteiger partial charge in [0.1, 0.15) is 6.04 Å². The lowest BCUT2D eigenvalue weighted by Crippen LogP contribution is -2.43. The van der Waals surface area contributed by atoms with E-state index in [-0.39, 0.29) is 12.0 Å². The fraction of sp³-hybridized carbons (Fsp3) is 0.929. The summed E-state index contributed by atoms with van der Waals surface area (Å²) in [7, 11) is 0. The smallest absolute Gasteiger partial charge is 0.325 e. The van der Waals surface area contributed by atoms with E-state index in [2.05, 4.69) is 12.2 Å². The fourth-order valence-electron chi connectivity index (χ4n) is 1.79. The minimum Gasteiger partial charge on any atom is -0.465 e. The highest BCUT2D eigenvalue weighted by atomic mass is 16.5. The Labute approximate surface area is 110 Å². The van der Waals surface area contributed by atoms with Crippen LogP contribution in [0.2, 0.25) is 0 Å². The molecule has 1 rings (SSSR count). The maximum absolute atomic E-state index is 11.7. The summed E-state index contributed by atoms with van der Waals surface area (Å²) >= 11 is 0. The summed E-state index contributed by atoms with van der Waals surface area (Å²) in [5.74, 6) is -0.182. The van der Waals surface area contributed by atoms with Crippen molar-refractivity contribution in [2.24, 2.45) is 0 Å². The van der Waals surface area contributed by atoms with Gasteiger partial charge in [-0.2, -0.15) is 0 Å². The zero-order chi connectivity index (χ0) is 13.2. The van der Waals surface area contributed by atoms with Crippen LogP contribution in [0, 0.1) is 0 Å². The van der Waals surface area contributed by atoms with Crippen molar-refractivity contribution in [2.45, 2.75) is 64.5 Å². The molecular formula is C14H27NO3. The number of hydrogen-bond acceptors (Lipinski definition) is 4. The van der Waals surface area contributed by atoms with Gasteiger partial charge in [-0.25, -0.2) is 0 Å². The van der Waals surface area contributed by atoms with Crippen molar-refractivity contribution >= 4 is 5.97 Å². The largest absolute Gasteiger partial charge is 0.465 e. The standard InChI is InChI=1S/C14H27NO3/c1-3-5-6-7-10-17-11-13(14(16)18-4-2)15-12-8-9-12/h12-13,15H,3-11H2,1-2H3. The lowest BCUT2D eigenvalue weighted by molar-refractivity contribution is -0.147. The minimum absolute atomic E-state index is 0.182. The molecule has 1 aliphatic carbocycles. The molecule has 1 unspecified atom stereocenters. The quantitative estimate of drug-likeness (QED) is 0.455. The van der Waals surface area contributed by atoms with Gasteiger partial charge in [0, 0.05) is 12.6 Å². The van der Waals surface area contributed by atoms with E-state index in [4.69, 9.17) is 9.47 Å². The van der Waals surface area contributed by atoms with Gasteiger partial charge in [-0.3, -0.25) is 10.1 Å². The molecule has 0 radical (unpaired) electrons. The van der Waals surface area contributed by atoms with Crippen molar-refractivity contribution in [2.75, 3.05) is 19.8 Å². The van der Waals surface area contributed by atoms with Crippen LogP contribution in [0.3, 0.4) is 0 Å². The van der Waals surface area contributed by atoms with Crippen LogP contribution in [-0.2, 0) is 14.3 Å². The van der Waals surface area contributed by atoms with Crippen molar-refractivity contribution in [3.05, 3.63) is 0 Å². The van der Waals surface area contributed by atoms with Gasteiger partial charge in [0.25, 0.3) is 0 Å². The second-order valence-electron chi connectivity index (χ2n) is 4.88. The summed E-state index contributed by atoms with van der Waals surface area (Å²) in [5, 5.41) is 3.28. The number of nitrogens with one attached hydrogen (secondary N) is 1. The second kappa shape index (κ2) is 9.34. The highest BCUT2D eigenvalue weighted by Gasteiger charge is 2.29. The first kappa shape index (κ1) is 15.4. The van der Waals surface area contributed by atoms with Crippen LogP contribution in [0.15, 0.2) is 0 Å². The molecule has 0 aromatic rings. The molecule has 106 valence electrons. The Morgan fingerprint density at radius 1 is 1.28 bits per heavy atom. The van der Waals surface area contributed by atoms with Gasteiger partial charge in [0.2, 0.25) is 0 Å². The molecule has 0 heterocycles. The third-order valence-electron chi connectivity index (χ3n) is 3.01. The Hall–Kier alpha value is -0.610. The van der Waals surface area contributed by atoms with Crippen molar-refractivity contribution < 1.29 is 14.3 Å². The van der Waals surface area contributed by atoms with Crippen molar-refractivity contribution in [3.8, 4) is 0 Å². The van der Waals surface area contributed by atoms with Gasteiger partial charge >= 0.3 is 5.97 Å². The predicted octanol–water partition coefficient (Wildman–Crippen LogP) is 2.27. The lowest BCUT2D eigenvalue weighted by atomic mass is 10.2. The zero-order valence-electron chi connectivity index (χ0n) is 11.7. The molecule has 4 heteroatoms. The van der Waals surface area contributed by atoms with E-state index in [1.165, 1.54) is 19.3 Å². The van der Waals surface area contributed by atoms with Gasteiger partial charge in [-0.15, -0.1) is 0 Å². The van der Waals surface area contributed by atoms with Gasteiger partial charge < -0.3 is 9.47 Å². The lowest BCUT2D eigenvalue weighted by Gasteiger charge is -2.17. The summed E-state index contributed by atoms with van der Waals surface area (Å²) in [6.07, 6.45) is 7.09. The highest BCUT2D eigenvalue weighted by Crippen LogP contribution is 2.19. The van der Waals surface area contributed by atoms with Crippen molar-refractivity contribution in [3.63, 3.8) is 0 Å². The van der Waals surface area contributed by atoms with E-state index in [0.29, 0.717) is 19.3 Å². The molecule has 0 bridgehead atoms. The van der Waals surface area contributed by atoms with E-state index < -0.39 is 0 Å². The van der Waals surface area contributed by atoms with Crippen LogP contribution >= 0.6 is 0 Å². The number of hydrogen-bond donors (Lipinski definition) is 1. The SMILES string of the molecule is CCCCCCOCC(NC1CC1)C(=O)OCC. The first-order valence-electron chi connectivity index (χ1n) is 7.28. The molecule has 0 saturated heterocycles. The highest BCUT2D eigenvalue weighted by molar-refractivity contribution is 5.76. The molecule has 1 aliphatic rings. The van der Waals surface area contributed by atoms with Crippen LogP contribution < -0.4 is 5.32 Å². The van der Waals surface area contributed by atoms with E-state index in [0.717, 1.165) is 25.9 Å². The van der Waals surface area contributed by atoms with Crippen molar-refractivity contribution in [1.82, 2.24) is 5.32 Å². The Morgan fingerprint density at radius 2 is 2.06 bits per heavy atom. The van der Waals surface area contributed by atoms with E-state index in [9.17, 15) is 4.79 Å². The minimum atomic E-state index is -0.288. The molecule has 4 nitrogen and oxygen atoms in total. The first-order valence-corrected chi connectivity index (χ1v) is 7.28. The average Bonchev–Trinajstić information content (AvgIpc) is 3.16. The summed E-state index contributed by atoms with van der Waals surface area (Å²) in [6, 6.07) is 0.201. The average molecular weight is 257 g/mol. The number of unbranched alkanes of at least 4 members (excludes halogenated alkanes) is 3. The van der Waals surface area contributed by atoms with Crippen molar-refractivity contribution in [1.29, 1.82) is 0 Å². The predicted molar refractivity (Wildman–Crippen MR) is 71.5 cm³/mol. The first-order chi connectivity index (χ1) is 8.77. The molecule has 0 aliphatic heterocycles. The fourth-order valence-corrected chi connectivity index (χ4v) is 1.79. The second-order valence-corrected chi connectivity index (χ2v) is 4.88. The summed E-state index contributed by atoms with van der Waals surface area (Å²) in [5.41, 5.74) is 0. The topological polar surface area (TPSA) is 47.6 Å². The molecule has 1 saturated carbocycles. The monoisotopic (exact) mass is 257 g/mol. The van der Waals surface area contributed by atoms with Crippen LogP contribution in [0.5, 0.6) is 0 Å². The normalized spacial score (nSPS) is 16.6. The molecule has 0 aromatic carbocycles. The Kier molecular flexibility index (Phi) is 8.01. The van der Waals surface area contributed by atoms with E-state index in [1.807, 2.05) is 6.92 Å². The molecule has 1 atom stereocenters. The number of carbonyl (C=O) groups excluding carboxylic acids is 1. The number of carbonyl (C=O) groups is 1. The van der Waals surface area contributed by atoms with Gasteiger partial charge in [0.15, 0.2) is 0 Å². The van der Waals surface area contributed by atoms with Gasteiger partial charge in [-0.05, 0) is 26.2 Å². The third-order valence-corrected chi connectivity index (χ3v) is 3.01. The van der Waals surface area contributed by atoms with E-state index in [1.54, 1.807) is 0 Å². The molecular weight excluding hydrogens is 230 g/mol. The Bertz CT molecular complexity index is 229. The molecule has 0 spiro atoms. The molecule has 1 fully saturated rings. The van der Waals surface area contributed by atoms with Crippen LogP contribution in [0.25, 0.3) is 0 Å². The van der Waals surface area contributed by atoms with Crippen LogP contribution in [-0.4, -0.2) is 37.9 Å². The number of ether oxygens (including phenoxy) is 2. The van der Waals surface area contributed by atoms with Gasteiger partial charge in [-0.1, -0.05) is 26.2 Å². The maximum atomic E-state index is 11.7.